The van der Waals surface area contributed by atoms with Crippen LogP contribution in [-0.2, 0) is 9.59 Å². The van der Waals surface area contributed by atoms with Crippen LogP contribution in [0.25, 0.3) is 0 Å². The van der Waals surface area contributed by atoms with E-state index in [9.17, 15) is 9.59 Å². The minimum absolute atomic E-state index is 0.208. The second kappa shape index (κ2) is 6.52. The molecule has 2 heteroatoms. The number of carbonyl (C=O) groups is 2. The Labute approximate surface area is 135 Å². The SMILES string of the molecule is CC1=CCC[C@@H]2[C@@](C)(C/C=C(/C=O)CC=O)[C@H](C)CC[C@]12C. The first-order valence-electron chi connectivity index (χ1n) is 8.63. The van der Waals surface area contributed by atoms with E-state index in [0.29, 0.717) is 22.8 Å². The third-order valence-electron chi connectivity index (χ3n) is 6.87. The predicted molar refractivity (Wildman–Crippen MR) is 90.5 cm³/mol. The van der Waals surface area contributed by atoms with Gasteiger partial charge in [-0.2, -0.15) is 0 Å². The Morgan fingerprint density at radius 1 is 1.32 bits per heavy atom. The largest absolute Gasteiger partial charge is 0.303 e. The molecular weight excluding hydrogens is 272 g/mol. The van der Waals surface area contributed by atoms with E-state index in [1.165, 1.54) is 25.7 Å². The molecule has 0 aliphatic heterocycles. The van der Waals surface area contributed by atoms with Crippen LogP contribution in [0.4, 0.5) is 0 Å². The third kappa shape index (κ3) is 2.85. The molecule has 0 bridgehead atoms. The zero-order chi connectivity index (χ0) is 16.4. The van der Waals surface area contributed by atoms with Gasteiger partial charge in [0.1, 0.15) is 12.6 Å². The molecule has 2 aliphatic carbocycles. The molecule has 2 nitrogen and oxygen atoms in total. The average molecular weight is 302 g/mol. The minimum Gasteiger partial charge on any atom is -0.303 e. The van der Waals surface area contributed by atoms with Crippen molar-refractivity contribution in [1.29, 1.82) is 0 Å². The molecule has 1 saturated carbocycles. The Kier molecular flexibility index (Phi) is 5.09. The topological polar surface area (TPSA) is 34.1 Å². The van der Waals surface area contributed by atoms with Crippen molar-refractivity contribution in [2.75, 3.05) is 0 Å². The van der Waals surface area contributed by atoms with Gasteiger partial charge in [-0.15, -0.1) is 0 Å². The Hall–Kier alpha value is -1.18. The van der Waals surface area contributed by atoms with Crippen molar-refractivity contribution in [3.63, 3.8) is 0 Å². The van der Waals surface area contributed by atoms with Gasteiger partial charge in [0, 0.05) is 6.42 Å². The van der Waals surface area contributed by atoms with Gasteiger partial charge < -0.3 is 4.79 Å². The summed E-state index contributed by atoms with van der Waals surface area (Å²) in [6, 6.07) is 0. The highest BCUT2D eigenvalue weighted by molar-refractivity contribution is 5.78. The monoisotopic (exact) mass is 302 g/mol. The van der Waals surface area contributed by atoms with Crippen LogP contribution in [0.2, 0.25) is 0 Å². The molecule has 2 aliphatic rings. The highest BCUT2D eigenvalue weighted by Gasteiger charge is 2.52. The van der Waals surface area contributed by atoms with Crippen molar-refractivity contribution >= 4 is 12.6 Å². The van der Waals surface area contributed by atoms with Gasteiger partial charge in [0.2, 0.25) is 0 Å². The fraction of sp³-hybridized carbons (Fsp3) is 0.700. The molecule has 0 unspecified atom stereocenters. The Balaban J connectivity index is 2.31. The molecule has 1 fully saturated rings. The van der Waals surface area contributed by atoms with Gasteiger partial charge in [0.15, 0.2) is 0 Å². The van der Waals surface area contributed by atoms with Crippen LogP contribution in [0.5, 0.6) is 0 Å². The molecule has 0 aromatic heterocycles. The van der Waals surface area contributed by atoms with Crippen LogP contribution in [0.15, 0.2) is 23.3 Å². The summed E-state index contributed by atoms with van der Waals surface area (Å²) in [7, 11) is 0. The van der Waals surface area contributed by atoms with E-state index in [0.717, 1.165) is 19.0 Å². The van der Waals surface area contributed by atoms with Crippen LogP contribution in [0, 0.1) is 22.7 Å². The summed E-state index contributed by atoms with van der Waals surface area (Å²) >= 11 is 0. The fourth-order valence-corrected chi connectivity index (χ4v) is 4.88. The van der Waals surface area contributed by atoms with Gasteiger partial charge in [-0.1, -0.05) is 38.5 Å². The van der Waals surface area contributed by atoms with Gasteiger partial charge in [-0.05, 0) is 67.3 Å². The maximum atomic E-state index is 11.1. The van der Waals surface area contributed by atoms with Gasteiger partial charge in [0.25, 0.3) is 0 Å². The predicted octanol–water partition coefficient (Wildman–Crippen LogP) is 4.89. The summed E-state index contributed by atoms with van der Waals surface area (Å²) in [4.78, 5) is 21.8. The maximum absolute atomic E-state index is 11.1. The zero-order valence-corrected chi connectivity index (χ0v) is 14.5. The van der Waals surface area contributed by atoms with E-state index < -0.39 is 0 Å². The van der Waals surface area contributed by atoms with E-state index in [-0.39, 0.29) is 11.8 Å². The minimum atomic E-state index is 0.208. The lowest BCUT2D eigenvalue weighted by Gasteiger charge is -2.57. The van der Waals surface area contributed by atoms with E-state index in [1.54, 1.807) is 5.57 Å². The first kappa shape index (κ1) is 17.2. The highest BCUT2D eigenvalue weighted by atomic mass is 16.1. The molecule has 0 N–H and O–H groups in total. The van der Waals surface area contributed by atoms with Gasteiger partial charge in [0.05, 0.1) is 0 Å². The number of hydrogen-bond acceptors (Lipinski definition) is 2. The summed E-state index contributed by atoms with van der Waals surface area (Å²) in [5.74, 6) is 1.31. The molecule has 0 radical (unpaired) electrons. The lowest BCUT2D eigenvalue weighted by Crippen LogP contribution is -2.49. The number of allylic oxidation sites excluding steroid dienone is 4. The Bertz CT molecular complexity index is 502. The molecule has 0 amide bonds. The molecule has 0 aromatic carbocycles. The van der Waals surface area contributed by atoms with Crippen molar-refractivity contribution in [1.82, 2.24) is 0 Å². The number of hydrogen-bond donors (Lipinski definition) is 0. The Morgan fingerprint density at radius 3 is 2.68 bits per heavy atom. The van der Waals surface area contributed by atoms with E-state index in [4.69, 9.17) is 0 Å². The van der Waals surface area contributed by atoms with Gasteiger partial charge in [-0.25, -0.2) is 0 Å². The van der Waals surface area contributed by atoms with Crippen molar-refractivity contribution in [3.8, 4) is 0 Å². The first-order chi connectivity index (χ1) is 10.4. The number of aldehydes is 2. The first-order valence-corrected chi connectivity index (χ1v) is 8.63. The molecule has 0 saturated heterocycles. The normalized spacial score (nSPS) is 38.9. The van der Waals surface area contributed by atoms with Gasteiger partial charge >= 0.3 is 0 Å². The standard InChI is InChI=1S/C20H30O2/c1-15-6-5-7-18-19(15,3)11-8-16(2)20(18,4)12-9-17(14-22)10-13-21/h6,9,13-14,16,18H,5,7-8,10-12H2,1-4H3/b17-9+/t16-,18+,19-,20+/m1/s1. The van der Waals surface area contributed by atoms with Gasteiger partial charge in [-0.3, -0.25) is 4.79 Å². The summed E-state index contributed by atoms with van der Waals surface area (Å²) < 4.78 is 0. The van der Waals surface area contributed by atoms with Crippen LogP contribution in [0.3, 0.4) is 0 Å². The number of rotatable bonds is 5. The highest BCUT2D eigenvalue weighted by Crippen LogP contribution is 2.61. The lowest BCUT2D eigenvalue weighted by atomic mass is 9.47. The summed E-state index contributed by atoms with van der Waals surface area (Å²) in [5, 5.41) is 0. The second-order valence-electron chi connectivity index (χ2n) is 7.85. The fourth-order valence-electron chi connectivity index (χ4n) is 4.88. The van der Waals surface area contributed by atoms with E-state index >= 15 is 0 Å². The molecule has 2 rings (SSSR count). The molecular formula is C20H30O2. The van der Waals surface area contributed by atoms with E-state index in [1.807, 2.05) is 6.08 Å². The summed E-state index contributed by atoms with van der Waals surface area (Å²) in [6.07, 6.45) is 12.2. The number of carbonyl (C=O) groups excluding carboxylic acids is 2. The molecule has 122 valence electrons. The van der Waals surface area contributed by atoms with E-state index in [2.05, 4.69) is 33.8 Å². The third-order valence-corrected chi connectivity index (χ3v) is 6.87. The number of fused-ring (bicyclic) bond motifs is 1. The molecule has 0 aromatic rings. The average Bonchev–Trinajstić information content (AvgIpc) is 2.50. The molecule has 0 spiro atoms. The maximum Gasteiger partial charge on any atom is 0.146 e. The van der Waals surface area contributed by atoms with Crippen molar-refractivity contribution in [2.45, 2.75) is 66.2 Å². The zero-order valence-electron chi connectivity index (χ0n) is 14.5. The van der Waals surface area contributed by atoms with Crippen molar-refractivity contribution in [2.24, 2.45) is 22.7 Å². The molecule has 22 heavy (non-hydrogen) atoms. The Morgan fingerprint density at radius 2 is 2.05 bits per heavy atom. The quantitative estimate of drug-likeness (QED) is 0.411. The van der Waals surface area contributed by atoms with Crippen molar-refractivity contribution < 1.29 is 9.59 Å². The molecule has 0 heterocycles. The summed E-state index contributed by atoms with van der Waals surface area (Å²) in [5.41, 5.74) is 2.70. The molecule has 4 atom stereocenters. The second-order valence-corrected chi connectivity index (χ2v) is 7.85. The van der Waals surface area contributed by atoms with Crippen molar-refractivity contribution in [3.05, 3.63) is 23.3 Å². The van der Waals surface area contributed by atoms with Crippen LogP contribution < -0.4 is 0 Å². The smallest absolute Gasteiger partial charge is 0.146 e. The van der Waals surface area contributed by atoms with Crippen LogP contribution >= 0.6 is 0 Å². The lowest BCUT2D eigenvalue weighted by molar-refractivity contribution is -0.109. The summed E-state index contributed by atoms with van der Waals surface area (Å²) in [6.45, 7) is 9.49. The van der Waals surface area contributed by atoms with Crippen LogP contribution in [0.1, 0.15) is 66.2 Å². The van der Waals surface area contributed by atoms with Crippen LogP contribution in [-0.4, -0.2) is 12.6 Å².